The molecule has 0 radical (unpaired) electrons. The first kappa shape index (κ1) is 20.2. The summed E-state index contributed by atoms with van der Waals surface area (Å²) in [5.41, 5.74) is 5.76. The standard InChI is InChI=1S/C27H24N2O3/c1-31-26-18-23(22-10-6-5-9-21(22)19-7-3-2-4-8-19)24-17-20(11-12-25(24)28-26)27(30)29-13-15-32-16-14-29/h2-12,17-18H,13-16H2,1H3. The number of carbonyl (C=O) groups excluding carboxylic acids is 1. The average molecular weight is 425 g/mol. The van der Waals surface area contributed by atoms with E-state index in [1.165, 1.54) is 0 Å². The van der Waals surface area contributed by atoms with Crippen LogP contribution < -0.4 is 4.74 Å². The number of morpholine rings is 1. The molecule has 0 bridgehead atoms. The van der Waals surface area contributed by atoms with Crippen molar-refractivity contribution >= 4 is 16.8 Å². The Morgan fingerprint density at radius 1 is 0.875 bits per heavy atom. The molecule has 0 atom stereocenters. The third kappa shape index (κ3) is 3.83. The van der Waals surface area contributed by atoms with Gasteiger partial charge in [0.15, 0.2) is 0 Å². The summed E-state index contributed by atoms with van der Waals surface area (Å²) in [4.78, 5) is 19.6. The normalized spacial score (nSPS) is 13.8. The molecule has 1 aliphatic heterocycles. The molecule has 5 rings (SSSR count). The van der Waals surface area contributed by atoms with Gasteiger partial charge in [0.05, 0.1) is 25.8 Å². The number of rotatable bonds is 4. The Bertz CT molecular complexity index is 1260. The van der Waals surface area contributed by atoms with Crippen molar-refractivity contribution in [2.75, 3.05) is 33.4 Å². The van der Waals surface area contributed by atoms with Crippen molar-refractivity contribution in [2.24, 2.45) is 0 Å². The lowest BCUT2D eigenvalue weighted by molar-refractivity contribution is 0.0303. The minimum Gasteiger partial charge on any atom is -0.481 e. The molecule has 1 saturated heterocycles. The van der Waals surface area contributed by atoms with Gasteiger partial charge in [0, 0.05) is 30.1 Å². The first-order chi connectivity index (χ1) is 15.7. The van der Waals surface area contributed by atoms with Gasteiger partial charge in [-0.15, -0.1) is 0 Å². The molecule has 1 amide bonds. The van der Waals surface area contributed by atoms with Gasteiger partial charge in [-0.05, 0) is 40.5 Å². The van der Waals surface area contributed by atoms with Crippen LogP contribution >= 0.6 is 0 Å². The maximum Gasteiger partial charge on any atom is 0.254 e. The van der Waals surface area contributed by atoms with E-state index in [1.807, 2.05) is 59.5 Å². The lowest BCUT2D eigenvalue weighted by atomic mass is 9.92. The van der Waals surface area contributed by atoms with E-state index in [0.717, 1.165) is 33.2 Å². The van der Waals surface area contributed by atoms with Crippen molar-refractivity contribution < 1.29 is 14.3 Å². The number of aromatic nitrogens is 1. The minimum atomic E-state index is 0.0216. The van der Waals surface area contributed by atoms with Gasteiger partial charge in [-0.3, -0.25) is 4.79 Å². The molecule has 0 N–H and O–H groups in total. The molecule has 4 aromatic rings. The monoisotopic (exact) mass is 424 g/mol. The fourth-order valence-corrected chi connectivity index (χ4v) is 4.20. The molecule has 1 fully saturated rings. The number of methoxy groups -OCH3 is 1. The van der Waals surface area contributed by atoms with Gasteiger partial charge >= 0.3 is 0 Å². The number of ether oxygens (including phenoxy) is 2. The van der Waals surface area contributed by atoms with E-state index in [0.29, 0.717) is 37.7 Å². The van der Waals surface area contributed by atoms with Crippen LogP contribution in [0.2, 0.25) is 0 Å². The van der Waals surface area contributed by atoms with Gasteiger partial charge in [-0.2, -0.15) is 0 Å². The Morgan fingerprint density at radius 2 is 1.59 bits per heavy atom. The van der Waals surface area contributed by atoms with E-state index >= 15 is 0 Å². The molecule has 1 aromatic heterocycles. The summed E-state index contributed by atoms with van der Waals surface area (Å²) in [6, 6.07) is 26.2. The number of amides is 1. The summed E-state index contributed by atoms with van der Waals surface area (Å²) in [6.07, 6.45) is 0. The van der Waals surface area contributed by atoms with Crippen molar-refractivity contribution in [2.45, 2.75) is 0 Å². The quantitative estimate of drug-likeness (QED) is 0.460. The molecule has 0 saturated carbocycles. The molecular weight excluding hydrogens is 400 g/mol. The number of pyridine rings is 1. The lowest BCUT2D eigenvalue weighted by Crippen LogP contribution is -2.40. The summed E-state index contributed by atoms with van der Waals surface area (Å²) in [5, 5.41) is 0.924. The molecule has 2 heterocycles. The second-order valence-corrected chi connectivity index (χ2v) is 7.76. The zero-order valence-corrected chi connectivity index (χ0v) is 18.0. The van der Waals surface area contributed by atoms with Crippen LogP contribution in [0.4, 0.5) is 0 Å². The third-order valence-electron chi connectivity index (χ3n) is 5.84. The summed E-state index contributed by atoms with van der Waals surface area (Å²) < 4.78 is 10.9. The van der Waals surface area contributed by atoms with E-state index in [1.54, 1.807) is 7.11 Å². The predicted molar refractivity (Wildman–Crippen MR) is 126 cm³/mol. The Kier molecular flexibility index (Phi) is 5.57. The van der Waals surface area contributed by atoms with Crippen molar-refractivity contribution in [3.63, 3.8) is 0 Å². The zero-order valence-electron chi connectivity index (χ0n) is 18.0. The zero-order chi connectivity index (χ0) is 21.9. The van der Waals surface area contributed by atoms with Crippen LogP contribution in [-0.4, -0.2) is 49.2 Å². The van der Waals surface area contributed by atoms with E-state index < -0.39 is 0 Å². The Labute approximate surface area is 187 Å². The Hall–Kier alpha value is -3.70. The maximum absolute atomic E-state index is 13.1. The first-order valence-electron chi connectivity index (χ1n) is 10.8. The molecular formula is C27H24N2O3. The largest absolute Gasteiger partial charge is 0.481 e. The third-order valence-corrected chi connectivity index (χ3v) is 5.84. The van der Waals surface area contributed by atoms with Gasteiger partial charge in [-0.1, -0.05) is 54.6 Å². The number of hydrogen-bond acceptors (Lipinski definition) is 4. The molecule has 3 aromatic carbocycles. The van der Waals surface area contributed by atoms with Crippen LogP contribution in [0.3, 0.4) is 0 Å². The van der Waals surface area contributed by atoms with E-state index in [2.05, 4.69) is 29.2 Å². The summed E-state index contributed by atoms with van der Waals surface area (Å²) in [6.45, 7) is 2.38. The highest BCUT2D eigenvalue weighted by Crippen LogP contribution is 2.37. The van der Waals surface area contributed by atoms with Crippen LogP contribution in [0.1, 0.15) is 10.4 Å². The van der Waals surface area contributed by atoms with Gasteiger partial charge in [-0.25, -0.2) is 4.98 Å². The second kappa shape index (κ2) is 8.81. The highest BCUT2D eigenvalue weighted by molar-refractivity contribution is 6.04. The number of hydrogen-bond donors (Lipinski definition) is 0. The minimum absolute atomic E-state index is 0.0216. The number of carbonyl (C=O) groups is 1. The van der Waals surface area contributed by atoms with E-state index in [9.17, 15) is 4.79 Å². The molecule has 0 spiro atoms. The smallest absolute Gasteiger partial charge is 0.254 e. The summed E-state index contributed by atoms with van der Waals surface area (Å²) >= 11 is 0. The van der Waals surface area contributed by atoms with Crippen molar-refractivity contribution in [1.29, 1.82) is 0 Å². The van der Waals surface area contributed by atoms with Crippen LogP contribution in [0, 0.1) is 0 Å². The first-order valence-corrected chi connectivity index (χ1v) is 10.8. The van der Waals surface area contributed by atoms with Gasteiger partial charge in [0.1, 0.15) is 0 Å². The topological polar surface area (TPSA) is 51.7 Å². The molecule has 5 heteroatoms. The van der Waals surface area contributed by atoms with Crippen LogP contribution in [0.5, 0.6) is 5.88 Å². The molecule has 160 valence electrons. The van der Waals surface area contributed by atoms with E-state index in [-0.39, 0.29) is 5.91 Å². The Balaban J connectivity index is 1.68. The summed E-state index contributed by atoms with van der Waals surface area (Å²) in [7, 11) is 1.62. The fraction of sp³-hybridized carbons (Fsp3) is 0.185. The van der Waals surface area contributed by atoms with Crippen LogP contribution in [0.15, 0.2) is 78.9 Å². The van der Waals surface area contributed by atoms with Crippen molar-refractivity contribution in [1.82, 2.24) is 9.88 Å². The Morgan fingerprint density at radius 3 is 2.34 bits per heavy atom. The molecule has 32 heavy (non-hydrogen) atoms. The molecule has 0 unspecified atom stereocenters. The van der Waals surface area contributed by atoms with Crippen molar-refractivity contribution in [3.05, 3.63) is 84.4 Å². The molecule has 1 aliphatic rings. The van der Waals surface area contributed by atoms with Gasteiger partial charge < -0.3 is 14.4 Å². The van der Waals surface area contributed by atoms with Crippen LogP contribution in [-0.2, 0) is 4.74 Å². The average Bonchev–Trinajstić information content (AvgIpc) is 2.88. The second-order valence-electron chi connectivity index (χ2n) is 7.76. The van der Waals surface area contributed by atoms with E-state index in [4.69, 9.17) is 9.47 Å². The molecule has 0 aliphatic carbocycles. The highest BCUT2D eigenvalue weighted by atomic mass is 16.5. The number of nitrogens with zero attached hydrogens (tertiary/aromatic N) is 2. The van der Waals surface area contributed by atoms with Gasteiger partial charge in [0.25, 0.3) is 5.91 Å². The van der Waals surface area contributed by atoms with Crippen LogP contribution in [0.25, 0.3) is 33.2 Å². The van der Waals surface area contributed by atoms with Gasteiger partial charge in [0.2, 0.25) is 5.88 Å². The molecule has 5 nitrogen and oxygen atoms in total. The highest BCUT2D eigenvalue weighted by Gasteiger charge is 2.20. The SMILES string of the molecule is COc1cc(-c2ccccc2-c2ccccc2)c2cc(C(=O)N3CCOCC3)ccc2n1. The maximum atomic E-state index is 13.1. The number of benzene rings is 3. The number of fused-ring (bicyclic) bond motifs is 1. The summed E-state index contributed by atoms with van der Waals surface area (Å²) in [5.74, 6) is 0.566. The predicted octanol–water partition coefficient (Wildman–Crippen LogP) is 5.05. The van der Waals surface area contributed by atoms with Crippen molar-refractivity contribution in [3.8, 4) is 28.1 Å². The lowest BCUT2D eigenvalue weighted by Gasteiger charge is -2.27. The fourth-order valence-electron chi connectivity index (χ4n) is 4.20.